The third-order valence-corrected chi connectivity index (χ3v) is 5.81. The van der Waals surface area contributed by atoms with Crippen LogP contribution in [0.2, 0.25) is 0 Å². The highest BCUT2D eigenvalue weighted by molar-refractivity contribution is 7.92. The van der Waals surface area contributed by atoms with Gasteiger partial charge in [-0.25, -0.2) is 8.42 Å². The highest BCUT2D eigenvalue weighted by Gasteiger charge is 2.22. The molecule has 3 aromatic rings. The SMILES string of the molecule is Cc1ccc(S(=O)(=O)Nc2ccc3c(c2)C(=O)Nc2cc(C)ccc2O3)cc1. The Balaban J connectivity index is 1.66. The molecular weight excluding hydrogens is 376 g/mol. The summed E-state index contributed by atoms with van der Waals surface area (Å²) in [5.41, 5.74) is 3.05. The van der Waals surface area contributed by atoms with E-state index in [9.17, 15) is 13.2 Å². The fourth-order valence-corrected chi connectivity index (χ4v) is 3.98. The van der Waals surface area contributed by atoms with Crippen molar-refractivity contribution in [3.8, 4) is 11.5 Å². The summed E-state index contributed by atoms with van der Waals surface area (Å²) in [6, 6.07) is 16.6. The second-order valence-corrected chi connectivity index (χ2v) is 8.37. The molecule has 0 atom stereocenters. The summed E-state index contributed by atoms with van der Waals surface area (Å²) in [4.78, 5) is 12.8. The van der Waals surface area contributed by atoms with Crippen molar-refractivity contribution in [3.63, 3.8) is 0 Å². The van der Waals surface area contributed by atoms with E-state index in [1.807, 2.05) is 26.0 Å². The van der Waals surface area contributed by atoms with Crippen molar-refractivity contribution in [1.82, 2.24) is 0 Å². The molecule has 0 spiro atoms. The van der Waals surface area contributed by atoms with Crippen LogP contribution in [0.25, 0.3) is 0 Å². The van der Waals surface area contributed by atoms with Gasteiger partial charge in [-0.15, -0.1) is 0 Å². The fourth-order valence-electron chi connectivity index (χ4n) is 2.93. The molecular formula is C21H18N2O4S. The van der Waals surface area contributed by atoms with Gasteiger partial charge in [-0.05, 0) is 61.9 Å². The molecule has 3 aromatic carbocycles. The van der Waals surface area contributed by atoms with Crippen molar-refractivity contribution in [3.05, 3.63) is 77.4 Å². The summed E-state index contributed by atoms with van der Waals surface area (Å²) >= 11 is 0. The third-order valence-electron chi connectivity index (χ3n) is 4.41. The van der Waals surface area contributed by atoms with E-state index < -0.39 is 10.0 Å². The first-order valence-corrected chi connectivity index (χ1v) is 10.1. The van der Waals surface area contributed by atoms with E-state index in [4.69, 9.17) is 4.74 Å². The number of carbonyl (C=O) groups is 1. The van der Waals surface area contributed by atoms with Gasteiger partial charge in [0, 0.05) is 5.69 Å². The summed E-state index contributed by atoms with van der Waals surface area (Å²) in [6.45, 7) is 3.80. The normalized spacial score (nSPS) is 12.9. The van der Waals surface area contributed by atoms with Crippen LogP contribution in [0.4, 0.5) is 11.4 Å². The van der Waals surface area contributed by atoms with Crippen LogP contribution in [0.5, 0.6) is 11.5 Å². The van der Waals surface area contributed by atoms with E-state index in [2.05, 4.69) is 10.0 Å². The van der Waals surface area contributed by atoms with Crippen molar-refractivity contribution in [2.45, 2.75) is 18.7 Å². The summed E-state index contributed by atoms with van der Waals surface area (Å²) in [5, 5.41) is 2.81. The largest absolute Gasteiger partial charge is 0.454 e. The lowest BCUT2D eigenvalue weighted by atomic mass is 10.1. The predicted octanol–water partition coefficient (Wildman–Crippen LogP) is 4.46. The quantitative estimate of drug-likeness (QED) is 0.687. The topological polar surface area (TPSA) is 84.5 Å². The lowest BCUT2D eigenvalue weighted by molar-refractivity contribution is 0.102. The summed E-state index contributed by atoms with van der Waals surface area (Å²) in [7, 11) is -3.76. The Morgan fingerprint density at radius 1 is 0.857 bits per heavy atom. The average molecular weight is 394 g/mol. The molecule has 0 radical (unpaired) electrons. The van der Waals surface area contributed by atoms with E-state index in [1.165, 1.54) is 18.2 Å². The van der Waals surface area contributed by atoms with Crippen LogP contribution in [-0.2, 0) is 10.0 Å². The van der Waals surface area contributed by atoms with Gasteiger partial charge in [0.2, 0.25) is 0 Å². The molecule has 7 heteroatoms. The number of fused-ring (bicyclic) bond motifs is 2. The molecule has 2 N–H and O–H groups in total. The van der Waals surface area contributed by atoms with Gasteiger partial charge in [-0.2, -0.15) is 0 Å². The maximum Gasteiger partial charge on any atom is 0.261 e. The van der Waals surface area contributed by atoms with Crippen LogP contribution < -0.4 is 14.8 Å². The molecule has 0 saturated carbocycles. The minimum absolute atomic E-state index is 0.150. The zero-order chi connectivity index (χ0) is 19.9. The molecule has 0 saturated heterocycles. The number of rotatable bonds is 3. The van der Waals surface area contributed by atoms with Gasteiger partial charge in [0.1, 0.15) is 5.75 Å². The van der Waals surface area contributed by atoms with E-state index >= 15 is 0 Å². The molecule has 142 valence electrons. The van der Waals surface area contributed by atoms with Gasteiger partial charge >= 0.3 is 0 Å². The number of hydrogen-bond donors (Lipinski definition) is 2. The number of carbonyl (C=O) groups excluding carboxylic acids is 1. The van der Waals surface area contributed by atoms with Crippen LogP contribution in [0.1, 0.15) is 21.5 Å². The Morgan fingerprint density at radius 3 is 2.29 bits per heavy atom. The molecule has 0 fully saturated rings. The van der Waals surface area contributed by atoms with Crippen LogP contribution in [0.15, 0.2) is 65.6 Å². The molecule has 1 aliphatic rings. The van der Waals surface area contributed by atoms with Gasteiger partial charge in [0.25, 0.3) is 15.9 Å². The van der Waals surface area contributed by atoms with E-state index in [-0.39, 0.29) is 22.1 Å². The molecule has 28 heavy (non-hydrogen) atoms. The average Bonchev–Trinajstić information content (AvgIpc) is 2.77. The highest BCUT2D eigenvalue weighted by Crippen LogP contribution is 2.37. The number of anilines is 2. The number of hydrogen-bond acceptors (Lipinski definition) is 4. The Hall–Kier alpha value is -3.32. The molecule has 0 bridgehead atoms. The zero-order valence-corrected chi connectivity index (χ0v) is 16.1. The first-order valence-electron chi connectivity index (χ1n) is 8.65. The number of nitrogens with one attached hydrogen (secondary N) is 2. The van der Waals surface area contributed by atoms with Crippen LogP contribution in [0, 0.1) is 13.8 Å². The summed E-state index contributed by atoms with van der Waals surface area (Å²) in [6.07, 6.45) is 0. The first kappa shape index (κ1) is 18.1. The van der Waals surface area contributed by atoms with Crippen molar-refractivity contribution in [2.75, 3.05) is 10.0 Å². The first-order chi connectivity index (χ1) is 13.3. The van der Waals surface area contributed by atoms with Crippen molar-refractivity contribution >= 4 is 27.3 Å². The molecule has 0 aromatic heterocycles. The number of ether oxygens (including phenoxy) is 1. The fraction of sp³-hybridized carbons (Fsp3) is 0.0952. The Bertz CT molecular complexity index is 1190. The van der Waals surface area contributed by atoms with Gasteiger partial charge < -0.3 is 10.1 Å². The molecule has 0 unspecified atom stereocenters. The number of sulfonamides is 1. The van der Waals surface area contributed by atoms with Gasteiger partial charge in [0.15, 0.2) is 5.75 Å². The minimum atomic E-state index is -3.76. The van der Waals surface area contributed by atoms with Gasteiger partial charge in [-0.3, -0.25) is 9.52 Å². The lowest BCUT2D eigenvalue weighted by Gasteiger charge is -2.11. The van der Waals surface area contributed by atoms with E-state index in [0.717, 1.165) is 11.1 Å². The Labute approximate surface area is 163 Å². The molecule has 0 aliphatic carbocycles. The second-order valence-electron chi connectivity index (χ2n) is 6.69. The number of aryl methyl sites for hydroxylation is 2. The highest BCUT2D eigenvalue weighted by atomic mass is 32.2. The lowest BCUT2D eigenvalue weighted by Crippen LogP contribution is -2.14. The number of amides is 1. The van der Waals surface area contributed by atoms with Crippen LogP contribution in [0.3, 0.4) is 0 Å². The van der Waals surface area contributed by atoms with Crippen molar-refractivity contribution < 1.29 is 17.9 Å². The molecule has 1 heterocycles. The maximum absolute atomic E-state index is 12.6. The smallest absolute Gasteiger partial charge is 0.261 e. The molecule has 1 amide bonds. The van der Waals surface area contributed by atoms with Crippen molar-refractivity contribution in [2.24, 2.45) is 0 Å². The zero-order valence-electron chi connectivity index (χ0n) is 15.3. The van der Waals surface area contributed by atoms with Crippen LogP contribution >= 0.6 is 0 Å². The number of benzene rings is 3. The second kappa shape index (κ2) is 6.69. The van der Waals surface area contributed by atoms with Crippen LogP contribution in [-0.4, -0.2) is 14.3 Å². The van der Waals surface area contributed by atoms with Crippen molar-refractivity contribution in [1.29, 1.82) is 0 Å². The third kappa shape index (κ3) is 3.44. The van der Waals surface area contributed by atoms with E-state index in [1.54, 1.807) is 30.3 Å². The summed E-state index contributed by atoms with van der Waals surface area (Å²) in [5.74, 6) is 0.528. The Morgan fingerprint density at radius 2 is 1.54 bits per heavy atom. The standard InChI is InChI=1S/C21H18N2O4S/c1-13-3-7-16(8-4-13)28(25,26)23-15-6-10-19-17(12-15)21(24)22-18-11-14(2)5-9-20(18)27-19/h3-12,23H,1-2H3,(H,22,24). The van der Waals surface area contributed by atoms with E-state index in [0.29, 0.717) is 17.2 Å². The van der Waals surface area contributed by atoms with Gasteiger partial charge in [0.05, 0.1) is 16.1 Å². The molecule has 4 rings (SSSR count). The minimum Gasteiger partial charge on any atom is -0.454 e. The monoisotopic (exact) mass is 394 g/mol. The Kier molecular flexibility index (Phi) is 4.31. The van der Waals surface area contributed by atoms with Gasteiger partial charge in [-0.1, -0.05) is 23.8 Å². The maximum atomic E-state index is 12.6. The molecule has 6 nitrogen and oxygen atoms in total. The predicted molar refractivity (Wildman–Crippen MR) is 108 cm³/mol. The summed E-state index contributed by atoms with van der Waals surface area (Å²) < 4.78 is 33.6. The molecule has 1 aliphatic heterocycles.